The van der Waals surface area contributed by atoms with E-state index in [4.69, 9.17) is 0 Å². The van der Waals surface area contributed by atoms with Crippen molar-refractivity contribution in [2.24, 2.45) is 0 Å². The van der Waals surface area contributed by atoms with Gasteiger partial charge in [0.15, 0.2) is 9.52 Å². The number of hydrogen-bond donors (Lipinski definition) is 0. The van der Waals surface area contributed by atoms with Gasteiger partial charge < -0.3 is 0 Å². The van der Waals surface area contributed by atoms with Gasteiger partial charge >= 0.3 is 0 Å². The molecule has 0 N–H and O–H groups in total. The molecule has 1 aromatic carbocycles. The van der Waals surface area contributed by atoms with Gasteiger partial charge in [0.25, 0.3) is 0 Å². The molecule has 1 aromatic heterocycles. The maximum absolute atomic E-state index is 12.3. The second kappa shape index (κ2) is 3.26. The Labute approximate surface area is 95.9 Å². The molecule has 16 heavy (non-hydrogen) atoms. The molecule has 0 saturated heterocycles. The van der Waals surface area contributed by atoms with Crippen LogP contribution in [-0.4, -0.2) is 22.9 Å². The summed E-state index contributed by atoms with van der Waals surface area (Å²) >= 11 is 0. The molecule has 5 heteroatoms. The Kier molecular flexibility index (Phi) is 1.99. The van der Waals surface area contributed by atoms with Gasteiger partial charge in [0.1, 0.15) is 0 Å². The lowest BCUT2D eigenvalue weighted by Gasteiger charge is -2.17. The van der Waals surface area contributed by atoms with Crippen molar-refractivity contribution in [1.82, 2.24) is 4.98 Å². The predicted octanol–water partition coefficient (Wildman–Crippen LogP) is -0.117. The molecular weight excluding hydrogens is 238 g/mol. The van der Waals surface area contributed by atoms with Gasteiger partial charge in [-0.3, -0.25) is 4.98 Å². The van der Waals surface area contributed by atoms with Crippen molar-refractivity contribution in [2.75, 3.05) is 0 Å². The van der Waals surface area contributed by atoms with E-state index in [0.717, 1.165) is 5.19 Å². The summed E-state index contributed by atoms with van der Waals surface area (Å²) in [5.74, 6) is 0. The van der Waals surface area contributed by atoms with E-state index in [1.165, 1.54) is 0 Å². The molecule has 0 unspecified atom stereocenters. The zero-order valence-electron chi connectivity index (χ0n) is 8.21. The van der Waals surface area contributed by atoms with Gasteiger partial charge in [0.2, 0.25) is 9.84 Å². The lowest BCUT2D eigenvalue weighted by atomic mass is 10.4. The highest BCUT2D eigenvalue weighted by Crippen LogP contribution is 2.19. The van der Waals surface area contributed by atoms with E-state index in [2.05, 4.69) is 4.98 Å². The number of nitrogens with zero attached hydrogens (tertiary/aromatic N) is 1. The van der Waals surface area contributed by atoms with Crippen molar-refractivity contribution in [2.45, 2.75) is 9.79 Å². The molecule has 0 atom stereocenters. The summed E-state index contributed by atoms with van der Waals surface area (Å²) in [5, 5.41) is 1.52. The molecule has 1 aliphatic rings. The van der Waals surface area contributed by atoms with Crippen LogP contribution >= 0.6 is 0 Å². The lowest BCUT2D eigenvalue weighted by molar-refractivity contribution is 0.596. The average Bonchev–Trinajstić information content (AvgIpc) is 2.29. The molecule has 2 heterocycles. The Hall–Kier alpha value is -1.46. The average molecular weight is 245 g/mol. The highest BCUT2D eigenvalue weighted by atomic mass is 32.2. The molecule has 78 valence electrons. The summed E-state index contributed by atoms with van der Waals surface area (Å²) in [6.07, 6.45) is 1.63. The topological polar surface area (TPSA) is 47.0 Å². The molecule has 0 aliphatic carbocycles. The summed E-state index contributed by atoms with van der Waals surface area (Å²) in [6, 6.07) is 10.4. The number of pyridine rings is 1. The Bertz CT molecular complexity index is 616. The van der Waals surface area contributed by atoms with Gasteiger partial charge in [-0.2, -0.15) is 0 Å². The van der Waals surface area contributed by atoms with Crippen LogP contribution in [0.15, 0.2) is 52.4 Å². The summed E-state index contributed by atoms with van der Waals surface area (Å²) in [5.41, 5.74) is 0. The quantitative estimate of drug-likeness (QED) is 0.519. The van der Waals surface area contributed by atoms with Crippen molar-refractivity contribution in [3.05, 3.63) is 42.6 Å². The minimum atomic E-state index is -3.36. The Morgan fingerprint density at radius 3 is 2.62 bits per heavy atom. The molecule has 0 amide bonds. The maximum Gasteiger partial charge on any atom is 0.207 e. The van der Waals surface area contributed by atoms with Crippen LogP contribution in [-0.2, 0) is 9.84 Å². The first-order chi connectivity index (χ1) is 7.69. The first-order valence-corrected chi connectivity index (χ1v) is 7.24. The van der Waals surface area contributed by atoms with Gasteiger partial charge in [-0.15, -0.1) is 0 Å². The molecular formula is C11H7NO2SSi. The van der Waals surface area contributed by atoms with Gasteiger partial charge in [-0.1, -0.05) is 18.2 Å². The van der Waals surface area contributed by atoms with Gasteiger partial charge in [0, 0.05) is 11.5 Å². The smallest absolute Gasteiger partial charge is 0.207 e. The molecule has 0 fully saturated rings. The largest absolute Gasteiger partial charge is 0.265 e. The molecule has 2 aromatic rings. The number of hydrogen-bond acceptors (Lipinski definition) is 3. The molecule has 0 saturated carbocycles. The SMILES string of the molecule is O=S1(=O)c2ccccc2[Si]c2ncccc21. The van der Waals surface area contributed by atoms with Gasteiger partial charge in [0.05, 0.1) is 9.79 Å². The van der Waals surface area contributed by atoms with Crippen LogP contribution < -0.4 is 10.5 Å². The monoisotopic (exact) mass is 245 g/mol. The van der Waals surface area contributed by atoms with Crippen molar-refractivity contribution in [3.63, 3.8) is 0 Å². The van der Waals surface area contributed by atoms with Crippen LogP contribution in [0, 0.1) is 0 Å². The molecule has 1 aliphatic heterocycles. The second-order valence-corrected chi connectivity index (χ2v) is 6.62. The Morgan fingerprint density at radius 1 is 1.00 bits per heavy atom. The summed E-state index contributed by atoms with van der Waals surface area (Å²) in [7, 11) is -3.04. The van der Waals surface area contributed by atoms with Gasteiger partial charge in [-0.05, 0) is 23.4 Å². The Balaban J connectivity index is 2.37. The minimum Gasteiger partial charge on any atom is -0.265 e. The first-order valence-electron chi connectivity index (χ1n) is 4.76. The van der Waals surface area contributed by atoms with Crippen LogP contribution in [0.4, 0.5) is 0 Å². The second-order valence-electron chi connectivity index (χ2n) is 3.47. The third kappa shape index (κ3) is 1.25. The highest BCUT2D eigenvalue weighted by molar-refractivity contribution is 7.92. The van der Waals surface area contributed by atoms with E-state index in [1.807, 2.05) is 12.1 Å². The standard InChI is InChI=1S/C11H7NO2SSi/c13-15(14)8-4-1-2-6-10(8)16-11-9(15)5-3-7-12-11/h1-7H. The number of fused-ring (bicyclic) bond motifs is 2. The van der Waals surface area contributed by atoms with E-state index in [1.54, 1.807) is 30.5 Å². The minimum absolute atomic E-state index is 0.320. The fraction of sp³-hybridized carbons (Fsp3) is 0. The van der Waals surface area contributed by atoms with Crippen LogP contribution in [0.1, 0.15) is 0 Å². The zero-order valence-corrected chi connectivity index (χ0v) is 10.0. The number of benzene rings is 1. The molecule has 0 bridgehead atoms. The summed E-state index contributed by atoms with van der Waals surface area (Å²) in [6.45, 7) is 0. The maximum atomic E-state index is 12.3. The predicted molar refractivity (Wildman–Crippen MR) is 61.2 cm³/mol. The molecule has 0 spiro atoms. The van der Waals surface area contributed by atoms with Crippen LogP contribution in [0.25, 0.3) is 0 Å². The van der Waals surface area contributed by atoms with Crippen LogP contribution in [0.5, 0.6) is 0 Å². The molecule has 2 radical (unpaired) electrons. The molecule has 3 nitrogen and oxygen atoms in total. The number of sulfone groups is 1. The van der Waals surface area contributed by atoms with E-state index >= 15 is 0 Å². The van der Waals surface area contributed by atoms with Crippen molar-refractivity contribution in [3.8, 4) is 0 Å². The third-order valence-corrected chi connectivity index (χ3v) is 6.04. The van der Waals surface area contributed by atoms with Crippen molar-refractivity contribution < 1.29 is 8.42 Å². The van der Waals surface area contributed by atoms with E-state index in [-0.39, 0.29) is 0 Å². The molecule has 3 rings (SSSR count). The fourth-order valence-electron chi connectivity index (χ4n) is 1.75. The Morgan fingerprint density at radius 2 is 1.75 bits per heavy atom. The van der Waals surface area contributed by atoms with Crippen LogP contribution in [0.2, 0.25) is 0 Å². The van der Waals surface area contributed by atoms with E-state index in [0.29, 0.717) is 24.6 Å². The summed E-state index contributed by atoms with van der Waals surface area (Å²) in [4.78, 5) is 4.93. The van der Waals surface area contributed by atoms with Gasteiger partial charge in [-0.25, -0.2) is 8.42 Å². The lowest BCUT2D eigenvalue weighted by Crippen LogP contribution is -2.41. The first kappa shape index (κ1) is 9.74. The van der Waals surface area contributed by atoms with E-state index in [9.17, 15) is 8.42 Å². The van der Waals surface area contributed by atoms with Crippen molar-refractivity contribution in [1.29, 1.82) is 0 Å². The fourth-order valence-corrected chi connectivity index (χ4v) is 5.27. The zero-order chi connectivity index (χ0) is 11.2. The van der Waals surface area contributed by atoms with Crippen molar-refractivity contribution >= 4 is 29.9 Å². The van der Waals surface area contributed by atoms with Crippen LogP contribution in [0.3, 0.4) is 0 Å². The normalized spacial score (nSPS) is 16.2. The van der Waals surface area contributed by atoms with E-state index < -0.39 is 9.84 Å². The number of rotatable bonds is 0. The third-order valence-electron chi connectivity index (χ3n) is 2.49. The number of aromatic nitrogens is 1. The highest BCUT2D eigenvalue weighted by Gasteiger charge is 2.29. The summed E-state index contributed by atoms with van der Waals surface area (Å²) < 4.78 is 24.5.